The number of nitrogens with zero attached hydrogens (tertiary/aromatic N) is 1. The molecular formula is C12H16N4O4. The van der Waals surface area contributed by atoms with Gasteiger partial charge in [-0.25, -0.2) is 0 Å². The molecule has 1 aliphatic heterocycles. The second kappa shape index (κ2) is 5.43. The van der Waals surface area contributed by atoms with Gasteiger partial charge in [0, 0.05) is 18.2 Å². The summed E-state index contributed by atoms with van der Waals surface area (Å²) < 4.78 is 5.26. The van der Waals surface area contributed by atoms with Gasteiger partial charge in [0.1, 0.15) is 5.69 Å². The third-order valence-electron chi connectivity index (χ3n) is 3.25. The molecule has 2 rings (SSSR count). The molecule has 108 valence electrons. The van der Waals surface area contributed by atoms with Gasteiger partial charge in [-0.05, 0) is 25.5 Å². The normalized spacial score (nSPS) is 21.5. The van der Waals surface area contributed by atoms with Gasteiger partial charge in [-0.3, -0.25) is 20.8 Å². The lowest BCUT2D eigenvalue weighted by atomic mass is 10.0. The lowest BCUT2D eigenvalue weighted by molar-refractivity contribution is -0.384. The van der Waals surface area contributed by atoms with Gasteiger partial charge in [0.15, 0.2) is 0 Å². The van der Waals surface area contributed by atoms with Crippen LogP contribution in [0.25, 0.3) is 0 Å². The van der Waals surface area contributed by atoms with Gasteiger partial charge in [-0.15, -0.1) is 0 Å². The molecule has 1 aromatic carbocycles. The van der Waals surface area contributed by atoms with Crippen LogP contribution in [0.2, 0.25) is 0 Å². The minimum absolute atomic E-state index is 0.0930. The van der Waals surface area contributed by atoms with Crippen molar-refractivity contribution >= 4 is 17.3 Å². The maximum absolute atomic E-state index is 12.2. The first kappa shape index (κ1) is 14.2. The van der Waals surface area contributed by atoms with Crippen molar-refractivity contribution in [3.63, 3.8) is 0 Å². The minimum atomic E-state index is -0.566. The molecule has 8 nitrogen and oxygen atoms in total. The van der Waals surface area contributed by atoms with E-state index in [1.807, 2.05) is 6.92 Å². The first-order valence-electron chi connectivity index (χ1n) is 6.10. The van der Waals surface area contributed by atoms with Crippen molar-refractivity contribution in [2.75, 3.05) is 18.6 Å². The monoisotopic (exact) mass is 280 g/mol. The molecule has 1 heterocycles. The summed E-state index contributed by atoms with van der Waals surface area (Å²) in [6.45, 7) is 2.95. The molecule has 1 atom stereocenters. The number of benzene rings is 1. The van der Waals surface area contributed by atoms with Gasteiger partial charge in [-0.1, -0.05) is 0 Å². The molecule has 0 radical (unpaired) electrons. The van der Waals surface area contributed by atoms with Crippen molar-refractivity contribution in [2.45, 2.75) is 18.9 Å². The predicted octanol–water partition coefficient (Wildman–Crippen LogP) is 0.789. The number of nitro benzene ring substituents is 1. The second-order valence-corrected chi connectivity index (χ2v) is 4.95. The standard InChI is InChI=1S/C12H16N4O4/c1-12(4-5-20-7-12)14-11(17)8-2-3-10(16(18)19)9(6-8)15-13/h2-3,6,15H,4-5,7,13H2,1H3,(H,14,17). The number of carbonyl (C=O) groups is 1. The number of anilines is 1. The Kier molecular flexibility index (Phi) is 3.86. The van der Waals surface area contributed by atoms with Gasteiger partial charge in [0.2, 0.25) is 0 Å². The van der Waals surface area contributed by atoms with Gasteiger partial charge in [0.25, 0.3) is 11.6 Å². The second-order valence-electron chi connectivity index (χ2n) is 4.95. The number of nitrogens with two attached hydrogens (primary N) is 1. The van der Waals surface area contributed by atoms with Crippen molar-refractivity contribution in [1.29, 1.82) is 0 Å². The fourth-order valence-corrected chi connectivity index (χ4v) is 2.06. The summed E-state index contributed by atoms with van der Waals surface area (Å²) in [5.41, 5.74) is 2.04. The third kappa shape index (κ3) is 2.86. The minimum Gasteiger partial charge on any atom is -0.379 e. The summed E-state index contributed by atoms with van der Waals surface area (Å²) in [6, 6.07) is 4.00. The summed E-state index contributed by atoms with van der Waals surface area (Å²) in [5.74, 6) is 4.93. The van der Waals surface area contributed by atoms with Crippen LogP contribution in [-0.2, 0) is 4.74 Å². The molecular weight excluding hydrogens is 264 g/mol. The van der Waals surface area contributed by atoms with E-state index in [-0.39, 0.29) is 17.3 Å². The number of nitro groups is 1. The zero-order chi connectivity index (χ0) is 14.8. The summed E-state index contributed by atoms with van der Waals surface area (Å²) in [6.07, 6.45) is 0.730. The Labute approximate surface area is 115 Å². The van der Waals surface area contributed by atoms with Crippen LogP contribution in [0, 0.1) is 10.1 Å². The van der Waals surface area contributed by atoms with Crippen molar-refractivity contribution in [3.05, 3.63) is 33.9 Å². The Balaban J connectivity index is 2.20. The predicted molar refractivity (Wildman–Crippen MR) is 72.2 cm³/mol. The third-order valence-corrected chi connectivity index (χ3v) is 3.25. The summed E-state index contributed by atoms with van der Waals surface area (Å²) in [7, 11) is 0. The van der Waals surface area contributed by atoms with Crippen LogP contribution < -0.4 is 16.6 Å². The first-order valence-corrected chi connectivity index (χ1v) is 6.10. The van der Waals surface area contributed by atoms with E-state index in [9.17, 15) is 14.9 Å². The van der Waals surface area contributed by atoms with Gasteiger partial charge in [-0.2, -0.15) is 0 Å². The van der Waals surface area contributed by atoms with Crippen molar-refractivity contribution in [3.8, 4) is 0 Å². The van der Waals surface area contributed by atoms with Crippen LogP contribution in [0.3, 0.4) is 0 Å². The van der Waals surface area contributed by atoms with Crippen molar-refractivity contribution < 1.29 is 14.5 Å². The maximum atomic E-state index is 12.2. The van der Waals surface area contributed by atoms with Crippen LogP contribution in [-0.4, -0.2) is 29.6 Å². The zero-order valence-corrected chi connectivity index (χ0v) is 11.0. The van der Waals surface area contributed by atoms with Gasteiger partial charge >= 0.3 is 0 Å². The molecule has 1 aromatic rings. The number of hydrogen-bond acceptors (Lipinski definition) is 6. The van der Waals surface area contributed by atoms with E-state index in [1.54, 1.807) is 0 Å². The number of hydrogen-bond donors (Lipinski definition) is 3. The first-order chi connectivity index (χ1) is 9.45. The molecule has 0 spiro atoms. The molecule has 0 saturated carbocycles. The molecule has 4 N–H and O–H groups in total. The highest BCUT2D eigenvalue weighted by molar-refractivity contribution is 5.96. The Morgan fingerprint density at radius 3 is 2.85 bits per heavy atom. The number of nitrogen functional groups attached to an aromatic ring is 1. The van der Waals surface area contributed by atoms with E-state index >= 15 is 0 Å². The highest BCUT2D eigenvalue weighted by Gasteiger charge is 2.31. The van der Waals surface area contributed by atoms with Crippen LogP contribution in [0.4, 0.5) is 11.4 Å². The highest BCUT2D eigenvalue weighted by Crippen LogP contribution is 2.25. The lowest BCUT2D eigenvalue weighted by Gasteiger charge is -2.23. The van der Waals surface area contributed by atoms with E-state index in [1.165, 1.54) is 18.2 Å². The Bertz CT molecular complexity index is 540. The number of hydrazine groups is 1. The number of amides is 1. The van der Waals surface area contributed by atoms with Gasteiger partial charge in [0.05, 0.1) is 17.1 Å². The van der Waals surface area contributed by atoms with E-state index in [0.29, 0.717) is 18.8 Å². The van der Waals surface area contributed by atoms with E-state index in [4.69, 9.17) is 10.6 Å². The van der Waals surface area contributed by atoms with Gasteiger partial charge < -0.3 is 15.5 Å². The smallest absolute Gasteiger partial charge is 0.293 e. The van der Waals surface area contributed by atoms with Crippen LogP contribution >= 0.6 is 0 Å². The van der Waals surface area contributed by atoms with E-state index in [2.05, 4.69) is 10.7 Å². The SMILES string of the molecule is CC1(NC(=O)c2ccc([N+](=O)[O-])c(NN)c2)CCOC1. The number of nitrogens with one attached hydrogen (secondary N) is 2. The molecule has 1 unspecified atom stereocenters. The summed E-state index contributed by atoms with van der Waals surface area (Å²) >= 11 is 0. The zero-order valence-electron chi connectivity index (χ0n) is 11.0. The molecule has 1 fully saturated rings. The fourth-order valence-electron chi connectivity index (χ4n) is 2.06. The molecule has 20 heavy (non-hydrogen) atoms. The molecule has 0 aromatic heterocycles. The topological polar surface area (TPSA) is 120 Å². The summed E-state index contributed by atoms with van der Waals surface area (Å²) in [5, 5.41) is 13.7. The fraction of sp³-hybridized carbons (Fsp3) is 0.417. The molecule has 1 aliphatic rings. The van der Waals surface area contributed by atoms with Crippen molar-refractivity contribution in [1.82, 2.24) is 5.32 Å². The molecule has 1 amide bonds. The van der Waals surface area contributed by atoms with E-state index < -0.39 is 10.5 Å². The van der Waals surface area contributed by atoms with Crippen molar-refractivity contribution in [2.24, 2.45) is 5.84 Å². The average molecular weight is 280 g/mol. The number of rotatable bonds is 4. The Morgan fingerprint density at radius 2 is 2.30 bits per heavy atom. The quantitative estimate of drug-likeness (QED) is 0.426. The highest BCUT2D eigenvalue weighted by atomic mass is 16.6. The van der Waals surface area contributed by atoms with Crippen LogP contribution in [0.5, 0.6) is 0 Å². The maximum Gasteiger partial charge on any atom is 0.293 e. The summed E-state index contributed by atoms with van der Waals surface area (Å²) in [4.78, 5) is 22.4. The van der Waals surface area contributed by atoms with Crippen LogP contribution in [0.15, 0.2) is 18.2 Å². The molecule has 0 aliphatic carbocycles. The molecule has 0 bridgehead atoms. The van der Waals surface area contributed by atoms with Crippen LogP contribution in [0.1, 0.15) is 23.7 Å². The average Bonchev–Trinajstić information content (AvgIpc) is 2.84. The largest absolute Gasteiger partial charge is 0.379 e. The molecule has 8 heteroatoms. The Morgan fingerprint density at radius 1 is 1.55 bits per heavy atom. The Hall–Kier alpha value is -2.19. The molecule has 1 saturated heterocycles. The number of ether oxygens (including phenoxy) is 1. The lowest BCUT2D eigenvalue weighted by Crippen LogP contribution is -2.46. The number of carbonyl (C=O) groups excluding carboxylic acids is 1. The van der Waals surface area contributed by atoms with E-state index in [0.717, 1.165) is 6.42 Å².